The minimum absolute atomic E-state index is 0.0296. The van der Waals surface area contributed by atoms with Crippen LogP contribution in [0.25, 0.3) is 5.65 Å². The van der Waals surface area contributed by atoms with Gasteiger partial charge >= 0.3 is 5.69 Å². The summed E-state index contributed by atoms with van der Waals surface area (Å²) in [6.45, 7) is 2.93. The van der Waals surface area contributed by atoms with Crippen molar-refractivity contribution in [2.75, 3.05) is 18.4 Å². The summed E-state index contributed by atoms with van der Waals surface area (Å²) >= 11 is 0. The minimum atomic E-state index is -0.720. The van der Waals surface area contributed by atoms with E-state index in [0.717, 1.165) is 11.1 Å². The third kappa shape index (κ3) is 4.35. The number of nitrogens with one attached hydrogen (secondary N) is 1. The number of amides is 2. The van der Waals surface area contributed by atoms with Gasteiger partial charge in [-0.3, -0.25) is 14.0 Å². The molecule has 0 atom stereocenters. The zero-order valence-electron chi connectivity index (χ0n) is 19.6. The molecule has 0 unspecified atom stereocenters. The van der Waals surface area contributed by atoms with Crippen molar-refractivity contribution in [3.63, 3.8) is 0 Å². The van der Waals surface area contributed by atoms with E-state index in [-0.39, 0.29) is 17.5 Å². The number of pyridine rings is 1. The van der Waals surface area contributed by atoms with E-state index in [1.54, 1.807) is 30.2 Å². The third-order valence-electron chi connectivity index (χ3n) is 6.83. The van der Waals surface area contributed by atoms with Crippen LogP contribution in [0.4, 0.5) is 5.69 Å². The fourth-order valence-corrected chi connectivity index (χ4v) is 4.85. The molecular weight excluding hydrogens is 442 g/mol. The van der Waals surface area contributed by atoms with Crippen molar-refractivity contribution in [1.29, 1.82) is 0 Å². The monoisotopic (exact) mass is 469 g/mol. The molecule has 0 bridgehead atoms. The second kappa shape index (κ2) is 9.21. The Balaban J connectivity index is 1.39. The van der Waals surface area contributed by atoms with Crippen LogP contribution >= 0.6 is 0 Å². The highest BCUT2D eigenvalue weighted by Gasteiger charge is 2.43. The second-order valence-corrected chi connectivity index (χ2v) is 8.98. The Bertz CT molecular complexity index is 1430. The van der Waals surface area contributed by atoms with Crippen LogP contribution in [0.5, 0.6) is 0 Å². The SMILES string of the molecule is CC(=O)N1CCC(C(=O)Nc2cccc(Cn3nc4ccccn4c3=O)c2)(c2ccccc2)CC1. The summed E-state index contributed by atoms with van der Waals surface area (Å²) in [5, 5.41) is 7.50. The number of aromatic nitrogens is 3. The van der Waals surface area contributed by atoms with Gasteiger partial charge in [-0.25, -0.2) is 9.48 Å². The van der Waals surface area contributed by atoms with Gasteiger partial charge < -0.3 is 10.2 Å². The lowest BCUT2D eigenvalue weighted by Gasteiger charge is -2.40. The second-order valence-electron chi connectivity index (χ2n) is 8.98. The molecule has 1 aliphatic rings. The Morgan fingerprint density at radius 3 is 2.43 bits per heavy atom. The van der Waals surface area contributed by atoms with Gasteiger partial charge in [0.25, 0.3) is 0 Å². The van der Waals surface area contributed by atoms with Gasteiger partial charge in [0, 0.05) is 31.9 Å². The summed E-state index contributed by atoms with van der Waals surface area (Å²) < 4.78 is 2.92. The predicted molar refractivity (Wildman–Crippen MR) is 133 cm³/mol. The summed E-state index contributed by atoms with van der Waals surface area (Å²) in [7, 11) is 0. The lowest BCUT2D eigenvalue weighted by molar-refractivity contribution is -0.133. The van der Waals surface area contributed by atoms with E-state index in [9.17, 15) is 14.4 Å². The van der Waals surface area contributed by atoms with Crippen LogP contribution in [0, 0.1) is 0 Å². The molecule has 2 amide bonds. The number of carbonyl (C=O) groups excluding carboxylic acids is 2. The van der Waals surface area contributed by atoms with E-state index in [1.807, 2.05) is 60.7 Å². The molecule has 0 aliphatic carbocycles. The van der Waals surface area contributed by atoms with Crippen LogP contribution in [0.3, 0.4) is 0 Å². The lowest BCUT2D eigenvalue weighted by atomic mass is 9.72. The van der Waals surface area contributed by atoms with Crippen molar-refractivity contribution in [3.8, 4) is 0 Å². The van der Waals surface area contributed by atoms with Crippen LogP contribution in [0.1, 0.15) is 30.9 Å². The fourth-order valence-electron chi connectivity index (χ4n) is 4.85. The first-order chi connectivity index (χ1) is 17.0. The Labute approximate surface area is 202 Å². The molecule has 1 fully saturated rings. The summed E-state index contributed by atoms with van der Waals surface area (Å²) in [4.78, 5) is 40.0. The molecule has 8 nitrogen and oxygen atoms in total. The minimum Gasteiger partial charge on any atom is -0.343 e. The molecule has 4 aromatic rings. The Kier molecular flexibility index (Phi) is 5.94. The number of piperidine rings is 1. The Morgan fingerprint density at radius 2 is 1.71 bits per heavy atom. The normalized spacial score (nSPS) is 15.2. The van der Waals surface area contributed by atoms with Crippen molar-refractivity contribution in [1.82, 2.24) is 19.1 Å². The fraction of sp³-hybridized carbons (Fsp3) is 0.259. The van der Waals surface area contributed by atoms with Gasteiger partial charge in [-0.15, -0.1) is 5.10 Å². The van der Waals surface area contributed by atoms with Crippen molar-refractivity contribution < 1.29 is 9.59 Å². The average molecular weight is 470 g/mol. The molecule has 0 spiro atoms. The van der Waals surface area contributed by atoms with Crippen molar-refractivity contribution in [2.45, 2.75) is 31.7 Å². The standard InChI is InChI=1S/C27H27N5O3/c1-20(33)30-16-13-27(14-17-30,22-9-3-2-4-10-22)25(34)28-23-11-7-8-21(18-23)19-32-26(35)31-15-6-5-12-24(31)29-32/h2-12,15,18H,13-14,16-17,19H2,1H3,(H,28,34). The van der Waals surface area contributed by atoms with E-state index >= 15 is 0 Å². The molecular formula is C27H27N5O3. The summed E-state index contributed by atoms with van der Waals surface area (Å²) in [6, 6.07) is 22.7. The van der Waals surface area contributed by atoms with Crippen LogP contribution in [-0.2, 0) is 21.5 Å². The highest BCUT2D eigenvalue weighted by Crippen LogP contribution is 2.37. The molecule has 5 rings (SSSR count). The van der Waals surface area contributed by atoms with Gasteiger partial charge in [-0.1, -0.05) is 48.5 Å². The zero-order valence-corrected chi connectivity index (χ0v) is 19.6. The number of likely N-dealkylation sites (tertiary alicyclic amines) is 1. The highest BCUT2D eigenvalue weighted by molar-refractivity contribution is 5.99. The number of anilines is 1. The number of rotatable bonds is 5. The maximum atomic E-state index is 13.7. The van der Waals surface area contributed by atoms with Gasteiger partial charge in [0.2, 0.25) is 11.8 Å². The quantitative estimate of drug-likeness (QED) is 0.487. The van der Waals surface area contributed by atoms with Gasteiger partial charge in [0.05, 0.1) is 12.0 Å². The van der Waals surface area contributed by atoms with E-state index in [2.05, 4.69) is 10.4 Å². The number of fused-ring (bicyclic) bond motifs is 1. The zero-order chi connectivity index (χ0) is 24.4. The van der Waals surface area contributed by atoms with Crippen LogP contribution in [0.2, 0.25) is 0 Å². The summed E-state index contributed by atoms with van der Waals surface area (Å²) in [6.07, 6.45) is 2.80. The maximum Gasteiger partial charge on any atom is 0.350 e. The van der Waals surface area contributed by atoms with E-state index in [4.69, 9.17) is 0 Å². The summed E-state index contributed by atoms with van der Waals surface area (Å²) in [5.74, 6) is -0.0593. The predicted octanol–water partition coefficient (Wildman–Crippen LogP) is 3.06. The van der Waals surface area contributed by atoms with Crippen molar-refractivity contribution >= 4 is 23.1 Å². The van der Waals surface area contributed by atoms with Gasteiger partial charge in [0.15, 0.2) is 5.65 Å². The Morgan fingerprint density at radius 1 is 0.971 bits per heavy atom. The molecule has 0 radical (unpaired) electrons. The summed E-state index contributed by atoms with van der Waals surface area (Å²) in [5.41, 5.74) is 2.12. The van der Waals surface area contributed by atoms with Gasteiger partial charge in [-0.2, -0.15) is 0 Å². The first kappa shape index (κ1) is 22.6. The number of hydrogen-bond donors (Lipinski definition) is 1. The van der Waals surface area contributed by atoms with E-state index < -0.39 is 5.41 Å². The molecule has 178 valence electrons. The average Bonchev–Trinajstić information content (AvgIpc) is 3.19. The van der Waals surface area contributed by atoms with E-state index in [1.165, 1.54) is 9.08 Å². The largest absolute Gasteiger partial charge is 0.350 e. The Hall–Kier alpha value is -4.20. The third-order valence-corrected chi connectivity index (χ3v) is 6.83. The van der Waals surface area contributed by atoms with Crippen LogP contribution in [-0.4, -0.2) is 44.0 Å². The molecule has 0 saturated carbocycles. The number of benzene rings is 2. The van der Waals surface area contributed by atoms with E-state index in [0.29, 0.717) is 43.8 Å². The number of nitrogens with zero attached hydrogens (tertiary/aromatic N) is 4. The molecule has 2 aromatic carbocycles. The van der Waals surface area contributed by atoms with Gasteiger partial charge in [-0.05, 0) is 48.2 Å². The molecule has 3 heterocycles. The first-order valence-corrected chi connectivity index (χ1v) is 11.7. The molecule has 1 saturated heterocycles. The van der Waals surface area contributed by atoms with Gasteiger partial charge in [0.1, 0.15) is 0 Å². The number of carbonyl (C=O) groups is 2. The van der Waals surface area contributed by atoms with Crippen molar-refractivity contribution in [2.24, 2.45) is 0 Å². The lowest BCUT2D eigenvalue weighted by Crippen LogP contribution is -2.50. The van der Waals surface area contributed by atoms with Crippen molar-refractivity contribution in [3.05, 3.63) is 101 Å². The molecule has 8 heteroatoms. The van der Waals surface area contributed by atoms with Crippen LogP contribution in [0.15, 0.2) is 83.8 Å². The molecule has 1 N–H and O–H groups in total. The smallest absolute Gasteiger partial charge is 0.343 e. The molecule has 1 aliphatic heterocycles. The molecule has 2 aromatic heterocycles. The topological polar surface area (TPSA) is 88.7 Å². The highest BCUT2D eigenvalue weighted by atomic mass is 16.2. The van der Waals surface area contributed by atoms with Crippen LogP contribution < -0.4 is 11.0 Å². The first-order valence-electron chi connectivity index (χ1n) is 11.7. The number of hydrogen-bond acceptors (Lipinski definition) is 4. The maximum absolute atomic E-state index is 13.7. The molecule has 35 heavy (non-hydrogen) atoms.